The largest absolute Gasteiger partial charge is 0.354 e. The van der Waals surface area contributed by atoms with Gasteiger partial charge in [0.25, 0.3) is 0 Å². The Bertz CT molecular complexity index is 869. The molecular weight excluding hydrogens is 338 g/mol. The van der Waals surface area contributed by atoms with Crippen LogP contribution in [0.4, 0.5) is 17.5 Å². The number of aryl methyl sites for hydroxylation is 2. The Labute approximate surface area is 148 Å². The van der Waals surface area contributed by atoms with Crippen LogP contribution in [0, 0.1) is 6.92 Å². The topological polar surface area (TPSA) is 88.1 Å². The molecule has 1 unspecified atom stereocenters. The summed E-state index contributed by atoms with van der Waals surface area (Å²) in [6.07, 6.45) is 3.08. The molecule has 1 atom stereocenters. The first-order chi connectivity index (χ1) is 11.9. The average molecular weight is 361 g/mol. The number of hydrogen-bond donors (Lipinski definition) is 1. The lowest BCUT2D eigenvalue weighted by Crippen LogP contribution is -2.33. The Hall–Kier alpha value is -2.22. The van der Waals surface area contributed by atoms with Crippen molar-refractivity contribution in [3.63, 3.8) is 0 Å². The van der Waals surface area contributed by atoms with Crippen molar-refractivity contribution < 1.29 is 8.42 Å². The first-order valence-corrected chi connectivity index (χ1v) is 10.2. The highest BCUT2D eigenvalue weighted by molar-refractivity contribution is 7.91. The second-order valence-corrected chi connectivity index (χ2v) is 8.62. The van der Waals surface area contributed by atoms with Crippen LogP contribution in [0.5, 0.6) is 0 Å². The lowest BCUT2D eigenvalue weighted by atomic mass is 10.1. The molecule has 2 heterocycles. The number of sulfone groups is 1. The van der Waals surface area contributed by atoms with E-state index in [4.69, 9.17) is 0 Å². The third-order valence-electron chi connectivity index (χ3n) is 4.64. The molecule has 1 saturated heterocycles. The van der Waals surface area contributed by atoms with Crippen molar-refractivity contribution >= 4 is 27.3 Å². The van der Waals surface area contributed by atoms with Crippen LogP contribution in [-0.2, 0) is 16.3 Å². The Morgan fingerprint density at radius 1 is 1.36 bits per heavy atom. The van der Waals surface area contributed by atoms with E-state index in [1.54, 1.807) is 6.20 Å². The van der Waals surface area contributed by atoms with Gasteiger partial charge in [0.2, 0.25) is 5.95 Å². The van der Waals surface area contributed by atoms with Crippen LogP contribution >= 0.6 is 0 Å². The number of aromatic nitrogens is 3. The summed E-state index contributed by atoms with van der Waals surface area (Å²) >= 11 is 0. The Morgan fingerprint density at radius 2 is 2.16 bits per heavy atom. The van der Waals surface area contributed by atoms with Gasteiger partial charge in [-0.1, -0.05) is 25.1 Å². The first-order valence-electron chi connectivity index (χ1n) is 8.38. The molecule has 1 aliphatic heterocycles. The molecule has 7 nitrogen and oxygen atoms in total. The van der Waals surface area contributed by atoms with Gasteiger partial charge in [0.15, 0.2) is 15.7 Å². The highest BCUT2D eigenvalue weighted by atomic mass is 32.2. The fraction of sp³-hybridized carbons (Fsp3) is 0.471. The SMILES string of the molecule is CCc1cccc(C)c1Nc1nncc(N(C)C2CCS(=O)(=O)C2)n1. The molecule has 1 aromatic carbocycles. The molecule has 8 heteroatoms. The van der Waals surface area contributed by atoms with Crippen LogP contribution < -0.4 is 10.2 Å². The van der Waals surface area contributed by atoms with Crippen molar-refractivity contribution in [3.05, 3.63) is 35.5 Å². The number of rotatable bonds is 5. The number of benzene rings is 1. The predicted molar refractivity (Wildman–Crippen MR) is 99.1 cm³/mol. The van der Waals surface area contributed by atoms with Gasteiger partial charge in [-0.2, -0.15) is 10.1 Å². The van der Waals surface area contributed by atoms with Gasteiger partial charge >= 0.3 is 0 Å². The van der Waals surface area contributed by atoms with Crippen LogP contribution in [0.3, 0.4) is 0 Å². The van der Waals surface area contributed by atoms with Crippen LogP contribution in [-0.4, -0.2) is 48.2 Å². The zero-order valence-electron chi connectivity index (χ0n) is 14.7. The summed E-state index contributed by atoms with van der Waals surface area (Å²) < 4.78 is 23.4. The molecule has 1 aromatic heterocycles. The quantitative estimate of drug-likeness (QED) is 0.872. The molecule has 0 amide bonds. The van der Waals surface area contributed by atoms with Crippen LogP contribution in [0.25, 0.3) is 0 Å². The minimum Gasteiger partial charge on any atom is -0.354 e. The van der Waals surface area contributed by atoms with Crippen molar-refractivity contribution in [1.29, 1.82) is 0 Å². The fourth-order valence-corrected chi connectivity index (χ4v) is 4.87. The highest BCUT2D eigenvalue weighted by Crippen LogP contribution is 2.25. The maximum absolute atomic E-state index is 11.7. The van der Waals surface area contributed by atoms with Gasteiger partial charge in [0, 0.05) is 18.8 Å². The lowest BCUT2D eigenvalue weighted by molar-refractivity contribution is 0.600. The molecule has 0 spiro atoms. The van der Waals surface area contributed by atoms with Crippen molar-refractivity contribution in [2.75, 3.05) is 28.8 Å². The van der Waals surface area contributed by atoms with E-state index in [9.17, 15) is 8.42 Å². The Morgan fingerprint density at radius 3 is 2.84 bits per heavy atom. The lowest BCUT2D eigenvalue weighted by Gasteiger charge is -2.24. The standard InChI is InChI=1S/C17H23N5O2S/c1-4-13-7-5-6-12(2)16(13)20-17-19-15(10-18-21-17)22(3)14-8-9-25(23,24)11-14/h5-7,10,14H,4,8-9,11H2,1-3H3,(H,19,20,21). The van der Waals surface area contributed by atoms with E-state index in [-0.39, 0.29) is 17.5 Å². The molecular formula is C17H23N5O2S. The van der Waals surface area contributed by atoms with Gasteiger partial charge in [-0.3, -0.25) is 0 Å². The van der Waals surface area contributed by atoms with Crippen LogP contribution in [0.2, 0.25) is 0 Å². The van der Waals surface area contributed by atoms with E-state index >= 15 is 0 Å². The summed E-state index contributed by atoms with van der Waals surface area (Å²) in [6.45, 7) is 4.14. The molecule has 1 N–H and O–H groups in total. The minimum absolute atomic E-state index is 0.0702. The van der Waals surface area contributed by atoms with E-state index in [0.29, 0.717) is 18.2 Å². The summed E-state index contributed by atoms with van der Waals surface area (Å²) in [4.78, 5) is 6.40. The summed E-state index contributed by atoms with van der Waals surface area (Å²) in [6, 6.07) is 6.07. The summed E-state index contributed by atoms with van der Waals surface area (Å²) in [5.74, 6) is 1.42. The molecule has 0 bridgehead atoms. The number of anilines is 3. The van der Waals surface area contributed by atoms with Crippen molar-refractivity contribution in [1.82, 2.24) is 15.2 Å². The second kappa shape index (κ2) is 6.95. The van der Waals surface area contributed by atoms with E-state index in [1.165, 1.54) is 5.56 Å². The number of hydrogen-bond acceptors (Lipinski definition) is 7. The van der Waals surface area contributed by atoms with Crippen LogP contribution in [0.15, 0.2) is 24.4 Å². The zero-order valence-corrected chi connectivity index (χ0v) is 15.5. The van der Waals surface area contributed by atoms with Gasteiger partial charge in [-0.25, -0.2) is 8.42 Å². The monoisotopic (exact) mass is 361 g/mol. The van der Waals surface area contributed by atoms with Gasteiger partial charge in [-0.05, 0) is 30.9 Å². The minimum atomic E-state index is -2.94. The second-order valence-electron chi connectivity index (χ2n) is 6.39. The van der Waals surface area contributed by atoms with Gasteiger partial charge in [-0.15, -0.1) is 5.10 Å². The third kappa shape index (κ3) is 3.89. The fourth-order valence-electron chi connectivity index (χ4n) is 3.10. The van der Waals surface area contributed by atoms with Gasteiger partial charge in [0.1, 0.15) is 0 Å². The van der Waals surface area contributed by atoms with E-state index in [1.807, 2.05) is 31.0 Å². The van der Waals surface area contributed by atoms with Crippen LogP contribution in [0.1, 0.15) is 24.5 Å². The van der Waals surface area contributed by atoms with E-state index in [0.717, 1.165) is 17.7 Å². The average Bonchev–Trinajstić information content (AvgIpc) is 2.96. The zero-order chi connectivity index (χ0) is 18.0. The van der Waals surface area contributed by atoms with Crippen molar-refractivity contribution in [2.45, 2.75) is 32.7 Å². The Kier molecular flexibility index (Phi) is 4.89. The molecule has 0 aliphatic carbocycles. The molecule has 25 heavy (non-hydrogen) atoms. The molecule has 0 saturated carbocycles. The molecule has 0 radical (unpaired) electrons. The van der Waals surface area contributed by atoms with Gasteiger partial charge in [0.05, 0.1) is 17.7 Å². The van der Waals surface area contributed by atoms with Gasteiger partial charge < -0.3 is 10.2 Å². The molecule has 2 aromatic rings. The summed E-state index contributed by atoms with van der Waals surface area (Å²) in [7, 11) is -1.09. The highest BCUT2D eigenvalue weighted by Gasteiger charge is 2.31. The molecule has 1 fully saturated rings. The molecule has 134 valence electrons. The summed E-state index contributed by atoms with van der Waals surface area (Å²) in [5, 5.41) is 11.4. The number of para-hydroxylation sites is 1. The molecule has 3 rings (SSSR count). The molecule has 1 aliphatic rings. The number of nitrogens with zero attached hydrogens (tertiary/aromatic N) is 4. The smallest absolute Gasteiger partial charge is 0.249 e. The van der Waals surface area contributed by atoms with Crippen molar-refractivity contribution in [3.8, 4) is 0 Å². The predicted octanol–water partition coefficient (Wildman–Crippen LogP) is 2.11. The normalized spacial score (nSPS) is 18.9. The van der Waals surface area contributed by atoms with Crippen molar-refractivity contribution in [2.24, 2.45) is 0 Å². The van der Waals surface area contributed by atoms with E-state index in [2.05, 4.69) is 33.5 Å². The maximum Gasteiger partial charge on any atom is 0.249 e. The Balaban J connectivity index is 1.83. The maximum atomic E-state index is 11.7. The summed E-state index contributed by atoms with van der Waals surface area (Å²) in [5.41, 5.74) is 3.29. The third-order valence-corrected chi connectivity index (χ3v) is 6.39. The van der Waals surface area contributed by atoms with E-state index < -0.39 is 9.84 Å². The first kappa shape index (κ1) is 17.6. The number of nitrogens with one attached hydrogen (secondary N) is 1.